The number of carboxylic acids is 1. The first kappa shape index (κ1) is 13.6. The third-order valence-corrected chi connectivity index (χ3v) is 3.08. The van der Waals surface area contributed by atoms with Crippen molar-refractivity contribution in [2.24, 2.45) is 0 Å². The number of hydrogen-bond acceptors (Lipinski definition) is 3. The molecule has 0 aliphatic heterocycles. The molecule has 0 saturated heterocycles. The second-order valence-electron chi connectivity index (χ2n) is 3.71. The maximum atomic E-state index is 11.0. The zero-order valence-electron chi connectivity index (χ0n) is 9.85. The van der Waals surface area contributed by atoms with Gasteiger partial charge in [-0.05, 0) is 24.3 Å². The maximum Gasteiger partial charge on any atom is 0.338 e. The van der Waals surface area contributed by atoms with Crippen LogP contribution in [0.1, 0.15) is 10.4 Å². The number of benzene rings is 1. The molecule has 4 nitrogen and oxygen atoms in total. The van der Waals surface area contributed by atoms with Gasteiger partial charge in [0.05, 0.1) is 12.7 Å². The molecular formula is C13H9Cl2NO3. The molecule has 0 saturated carbocycles. The van der Waals surface area contributed by atoms with Gasteiger partial charge in [0.15, 0.2) is 0 Å². The van der Waals surface area contributed by atoms with Crippen molar-refractivity contribution in [3.8, 4) is 16.9 Å². The summed E-state index contributed by atoms with van der Waals surface area (Å²) in [6, 6.07) is 6.52. The van der Waals surface area contributed by atoms with Crippen LogP contribution in [0, 0.1) is 0 Å². The summed E-state index contributed by atoms with van der Waals surface area (Å²) in [5.41, 5.74) is 1.23. The van der Waals surface area contributed by atoms with Gasteiger partial charge >= 0.3 is 5.97 Å². The van der Waals surface area contributed by atoms with Gasteiger partial charge in [-0.1, -0.05) is 23.2 Å². The number of carbonyl (C=O) groups is 1. The molecule has 0 aliphatic rings. The lowest BCUT2D eigenvalue weighted by Crippen LogP contribution is -2.00. The third-order valence-electron chi connectivity index (χ3n) is 2.54. The Hall–Kier alpha value is -1.78. The van der Waals surface area contributed by atoms with E-state index < -0.39 is 5.97 Å². The average Bonchev–Trinajstić information content (AvgIpc) is 2.39. The highest BCUT2D eigenvalue weighted by Crippen LogP contribution is 2.33. The summed E-state index contributed by atoms with van der Waals surface area (Å²) < 4.78 is 5.22. The molecule has 0 atom stereocenters. The second kappa shape index (κ2) is 5.47. The van der Waals surface area contributed by atoms with Crippen LogP contribution in [0.2, 0.25) is 10.2 Å². The molecule has 0 bridgehead atoms. The number of pyridine rings is 1. The number of hydrogen-bond donors (Lipinski definition) is 1. The van der Waals surface area contributed by atoms with Crippen molar-refractivity contribution in [2.45, 2.75) is 0 Å². The first-order chi connectivity index (χ1) is 9.02. The molecule has 0 fully saturated rings. The molecule has 6 heteroatoms. The van der Waals surface area contributed by atoms with Gasteiger partial charge in [-0.25, -0.2) is 9.78 Å². The van der Waals surface area contributed by atoms with Crippen LogP contribution in [0.15, 0.2) is 30.5 Å². The second-order valence-corrected chi connectivity index (χ2v) is 4.51. The first-order valence-electron chi connectivity index (χ1n) is 5.25. The summed E-state index contributed by atoms with van der Waals surface area (Å²) in [4.78, 5) is 14.9. The number of methoxy groups -OCH3 is 1. The van der Waals surface area contributed by atoms with E-state index in [2.05, 4.69) is 4.98 Å². The lowest BCUT2D eigenvalue weighted by atomic mass is 10.0. The SMILES string of the molecule is COc1cc(Cl)ccc1-c1cnc(Cl)c(C(=O)O)c1. The molecular weight excluding hydrogens is 289 g/mol. The molecule has 1 N–H and O–H groups in total. The fourth-order valence-electron chi connectivity index (χ4n) is 1.65. The molecule has 2 rings (SSSR count). The minimum atomic E-state index is -1.13. The summed E-state index contributed by atoms with van der Waals surface area (Å²) in [5, 5.41) is 9.51. The van der Waals surface area contributed by atoms with Crippen molar-refractivity contribution in [2.75, 3.05) is 7.11 Å². The van der Waals surface area contributed by atoms with Gasteiger partial charge < -0.3 is 9.84 Å². The van der Waals surface area contributed by atoms with E-state index in [9.17, 15) is 4.79 Å². The number of ether oxygens (including phenoxy) is 1. The minimum absolute atomic E-state index is 0.0517. The van der Waals surface area contributed by atoms with Crippen LogP contribution in [0.4, 0.5) is 0 Å². The topological polar surface area (TPSA) is 59.4 Å². The number of aromatic carboxylic acids is 1. The number of nitrogens with zero attached hydrogens (tertiary/aromatic N) is 1. The first-order valence-corrected chi connectivity index (χ1v) is 6.01. The summed E-state index contributed by atoms with van der Waals surface area (Å²) in [6.07, 6.45) is 1.49. The number of halogens is 2. The maximum absolute atomic E-state index is 11.0. The van der Waals surface area contributed by atoms with Gasteiger partial charge in [0, 0.05) is 22.3 Å². The number of rotatable bonds is 3. The largest absolute Gasteiger partial charge is 0.496 e. The normalized spacial score (nSPS) is 10.3. The standard InChI is InChI=1S/C13H9Cl2NO3/c1-19-11-5-8(14)2-3-9(11)7-4-10(13(17)18)12(15)16-6-7/h2-6H,1H3,(H,17,18). The number of carboxylic acid groups (broad SMARTS) is 1. The van der Waals surface area contributed by atoms with Crippen LogP contribution in [0.3, 0.4) is 0 Å². The van der Waals surface area contributed by atoms with E-state index in [1.807, 2.05) is 0 Å². The Kier molecular flexibility index (Phi) is 3.93. The Morgan fingerprint density at radius 1 is 1.32 bits per heavy atom. The Morgan fingerprint density at radius 3 is 2.68 bits per heavy atom. The molecule has 1 aromatic heterocycles. The fraction of sp³-hybridized carbons (Fsp3) is 0.0769. The van der Waals surface area contributed by atoms with Gasteiger partial charge in [0.1, 0.15) is 10.9 Å². The zero-order valence-corrected chi connectivity index (χ0v) is 11.4. The Balaban J connectivity index is 2.59. The molecule has 2 aromatic rings. The Bertz CT molecular complexity index is 644. The zero-order chi connectivity index (χ0) is 14.0. The van der Waals surface area contributed by atoms with Gasteiger partial charge in [0.2, 0.25) is 0 Å². The lowest BCUT2D eigenvalue weighted by Gasteiger charge is -2.09. The molecule has 0 aliphatic carbocycles. The van der Waals surface area contributed by atoms with Crippen molar-refractivity contribution in [3.63, 3.8) is 0 Å². The summed E-state index contributed by atoms with van der Waals surface area (Å²) in [7, 11) is 1.51. The van der Waals surface area contributed by atoms with Crippen LogP contribution in [0.5, 0.6) is 5.75 Å². The van der Waals surface area contributed by atoms with Crippen molar-refractivity contribution in [1.29, 1.82) is 0 Å². The van der Waals surface area contributed by atoms with E-state index in [4.69, 9.17) is 33.0 Å². The highest BCUT2D eigenvalue weighted by molar-refractivity contribution is 6.32. The van der Waals surface area contributed by atoms with Crippen molar-refractivity contribution < 1.29 is 14.6 Å². The van der Waals surface area contributed by atoms with Crippen molar-refractivity contribution >= 4 is 29.2 Å². The van der Waals surface area contributed by atoms with Crippen LogP contribution < -0.4 is 4.74 Å². The summed E-state index contributed by atoms with van der Waals surface area (Å²) in [6.45, 7) is 0. The van der Waals surface area contributed by atoms with Gasteiger partial charge in [0.25, 0.3) is 0 Å². The number of aromatic nitrogens is 1. The minimum Gasteiger partial charge on any atom is -0.496 e. The monoisotopic (exact) mass is 297 g/mol. The molecule has 1 aromatic carbocycles. The van der Waals surface area contributed by atoms with E-state index in [-0.39, 0.29) is 10.7 Å². The molecule has 98 valence electrons. The lowest BCUT2D eigenvalue weighted by molar-refractivity contribution is 0.0696. The van der Waals surface area contributed by atoms with Crippen molar-refractivity contribution in [3.05, 3.63) is 46.2 Å². The van der Waals surface area contributed by atoms with Crippen LogP contribution >= 0.6 is 23.2 Å². The average molecular weight is 298 g/mol. The van der Waals surface area contributed by atoms with E-state index in [1.54, 1.807) is 18.2 Å². The van der Waals surface area contributed by atoms with E-state index in [0.29, 0.717) is 21.9 Å². The van der Waals surface area contributed by atoms with Crippen molar-refractivity contribution in [1.82, 2.24) is 4.98 Å². The summed E-state index contributed by atoms with van der Waals surface area (Å²) in [5.74, 6) is -0.597. The molecule has 0 unspecified atom stereocenters. The van der Waals surface area contributed by atoms with Gasteiger partial charge in [-0.2, -0.15) is 0 Å². The predicted molar refractivity (Wildman–Crippen MR) is 73.2 cm³/mol. The Labute approximate surface area is 119 Å². The molecule has 1 heterocycles. The van der Waals surface area contributed by atoms with Gasteiger partial charge in [-0.15, -0.1) is 0 Å². The van der Waals surface area contributed by atoms with Crippen LogP contribution in [-0.2, 0) is 0 Å². The Morgan fingerprint density at radius 2 is 2.05 bits per heavy atom. The highest BCUT2D eigenvalue weighted by Gasteiger charge is 2.14. The summed E-state index contributed by atoms with van der Waals surface area (Å²) >= 11 is 11.6. The van der Waals surface area contributed by atoms with Gasteiger partial charge in [-0.3, -0.25) is 0 Å². The van der Waals surface area contributed by atoms with Crippen LogP contribution in [0.25, 0.3) is 11.1 Å². The highest BCUT2D eigenvalue weighted by atomic mass is 35.5. The molecule has 19 heavy (non-hydrogen) atoms. The quantitative estimate of drug-likeness (QED) is 0.876. The van der Waals surface area contributed by atoms with E-state index in [0.717, 1.165) is 0 Å². The smallest absolute Gasteiger partial charge is 0.338 e. The molecule has 0 radical (unpaired) electrons. The molecule has 0 amide bonds. The van der Waals surface area contributed by atoms with E-state index in [1.165, 1.54) is 19.4 Å². The predicted octanol–water partition coefficient (Wildman–Crippen LogP) is 3.76. The van der Waals surface area contributed by atoms with Crippen LogP contribution in [-0.4, -0.2) is 23.2 Å². The fourth-order valence-corrected chi connectivity index (χ4v) is 2.00. The molecule has 0 spiro atoms. The van der Waals surface area contributed by atoms with E-state index >= 15 is 0 Å². The third kappa shape index (κ3) is 2.80.